The van der Waals surface area contributed by atoms with Crippen LogP contribution in [0.2, 0.25) is 0 Å². The molecule has 0 heterocycles. The normalized spacial score (nSPS) is 14.6. The Morgan fingerprint density at radius 2 is 1.10 bits per heavy atom. The van der Waals surface area contributed by atoms with Crippen LogP contribution in [0.15, 0.2) is 0 Å². The molecule has 0 rings (SSSR count). The molecule has 1 heteroatoms. The third kappa shape index (κ3) is 5.24. The second-order valence-electron chi connectivity index (χ2n) is 7.49. The molecule has 0 aliphatic heterocycles. The monoisotopic (exact) mass is 302 g/mol. The quantitative estimate of drug-likeness (QED) is 0.277. The molecule has 0 aromatic carbocycles. The zero-order valence-electron chi connectivity index (χ0n) is 15.1. The van der Waals surface area contributed by atoms with E-state index in [1.165, 1.54) is 44.9 Å². The van der Waals surface area contributed by atoms with Gasteiger partial charge in [-0.2, -0.15) is 0 Å². The van der Waals surface area contributed by atoms with E-state index in [-0.39, 0.29) is 5.41 Å². The molecule has 0 nitrogen and oxygen atoms in total. The first kappa shape index (κ1) is 20.3. The zero-order chi connectivity index (χ0) is 15.8. The van der Waals surface area contributed by atoms with Gasteiger partial charge in [-0.3, -0.25) is 0 Å². The summed E-state index contributed by atoms with van der Waals surface area (Å²) in [6, 6.07) is 0. The van der Waals surface area contributed by atoms with Gasteiger partial charge in [0.05, 0.1) is 0 Å². The van der Waals surface area contributed by atoms with Crippen LogP contribution >= 0.6 is 11.6 Å². The van der Waals surface area contributed by atoms with Crippen molar-refractivity contribution < 1.29 is 0 Å². The van der Waals surface area contributed by atoms with Gasteiger partial charge >= 0.3 is 0 Å². The lowest BCUT2D eigenvalue weighted by atomic mass is 9.59. The average molecular weight is 303 g/mol. The summed E-state index contributed by atoms with van der Waals surface area (Å²) in [5.74, 6) is 1.93. The van der Waals surface area contributed by atoms with E-state index >= 15 is 0 Å². The number of hydrogen-bond acceptors (Lipinski definition) is 0. The van der Waals surface area contributed by atoms with Crippen LogP contribution < -0.4 is 0 Å². The minimum Gasteiger partial charge on any atom is -0.122 e. The number of halogens is 1. The molecule has 20 heavy (non-hydrogen) atoms. The van der Waals surface area contributed by atoms with Crippen LogP contribution in [0.3, 0.4) is 0 Å². The molecule has 0 spiro atoms. The van der Waals surface area contributed by atoms with Crippen LogP contribution in [0, 0.1) is 23.2 Å². The third-order valence-corrected chi connectivity index (χ3v) is 5.95. The van der Waals surface area contributed by atoms with Crippen LogP contribution in [-0.2, 0) is 0 Å². The molecule has 0 aliphatic carbocycles. The molecule has 1 atom stereocenters. The Morgan fingerprint density at radius 3 is 1.50 bits per heavy atom. The van der Waals surface area contributed by atoms with Gasteiger partial charge in [0.2, 0.25) is 0 Å². The lowest BCUT2D eigenvalue weighted by molar-refractivity contribution is 0.0405. The maximum Gasteiger partial charge on any atom is 0.0399 e. The van der Waals surface area contributed by atoms with E-state index in [1.807, 2.05) is 0 Å². The van der Waals surface area contributed by atoms with Gasteiger partial charge < -0.3 is 0 Å². The molecule has 0 saturated heterocycles. The van der Waals surface area contributed by atoms with Crippen molar-refractivity contribution in [2.45, 2.75) is 98.8 Å². The molecule has 0 fully saturated rings. The van der Waals surface area contributed by atoms with Gasteiger partial charge in [-0.1, -0.05) is 87.0 Å². The van der Waals surface area contributed by atoms with Crippen LogP contribution in [0.5, 0.6) is 0 Å². The fourth-order valence-corrected chi connectivity index (χ4v) is 5.35. The predicted molar refractivity (Wildman–Crippen MR) is 94.6 cm³/mol. The third-order valence-electron chi connectivity index (χ3n) is 5.35. The van der Waals surface area contributed by atoms with Crippen molar-refractivity contribution in [3.63, 3.8) is 0 Å². The zero-order valence-corrected chi connectivity index (χ0v) is 15.9. The second-order valence-corrected chi connectivity index (χ2v) is 8.01. The molecular weight excluding hydrogens is 264 g/mol. The maximum absolute atomic E-state index is 6.93. The summed E-state index contributed by atoms with van der Waals surface area (Å²) < 4.78 is 0. The summed E-state index contributed by atoms with van der Waals surface area (Å²) in [7, 11) is 0. The SMILES string of the molecule is CCCCCCCCC(Cl)C(C(C)C)(C(C)C)C(C)C. The Labute approximate surface area is 134 Å². The van der Waals surface area contributed by atoms with E-state index in [0.717, 1.165) is 0 Å². The van der Waals surface area contributed by atoms with Crippen LogP contribution in [0.4, 0.5) is 0 Å². The van der Waals surface area contributed by atoms with E-state index < -0.39 is 0 Å². The molecule has 0 bridgehead atoms. The number of rotatable bonds is 11. The lowest BCUT2D eigenvalue weighted by Crippen LogP contribution is -2.46. The molecule has 0 aromatic heterocycles. The molecule has 0 radical (unpaired) electrons. The summed E-state index contributed by atoms with van der Waals surface area (Å²) in [5, 5.41) is 0.314. The number of alkyl halides is 1. The summed E-state index contributed by atoms with van der Waals surface area (Å²) in [6.07, 6.45) is 9.33. The second kappa shape index (κ2) is 10.1. The first-order valence-corrected chi connectivity index (χ1v) is 9.39. The fourth-order valence-electron chi connectivity index (χ4n) is 4.44. The molecule has 0 saturated carbocycles. The minimum absolute atomic E-state index is 0.269. The van der Waals surface area contributed by atoms with Crippen molar-refractivity contribution >= 4 is 11.6 Å². The minimum atomic E-state index is 0.269. The van der Waals surface area contributed by atoms with Gasteiger partial charge in [-0.15, -0.1) is 11.6 Å². The average Bonchev–Trinajstić information content (AvgIpc) is 2.32. The predicted octanol–water partition coefficient (Wildman–Crippen LogP) is 7.30. The topological polar surface area (TPSA) is 0 Å². The van der Waals surface area contributed by atoms with Gasteiger partial charge in [0.1, 0.15) is 0 Å². The van der Waals surface area contributed by atoms with Gasteiger partial charge in [0.25, 0.3) is 0 Å². The van der Waals surface area contributed by atoms with Crippen LogP contribution in [0.1, 0.15) is 93.4 Å². The Bertz CT molecular complexity index is 208. The highest BCUT2D eigenvalue weighted by Gasteiger charge is 2.45. The summed E-state index contributed by atoms with van der Waals surface area (Å²) in [4.78, 5) is 0. The summed E-state index contributed by atoms with van der Waals surface area (Å²) in [5.41, 5.74) is 0.269. The molecule has 0 aliphatic rings. The first-order chi connectivity index (χ1) is 9.31. The lowest BCUT2D eigenvalue weighted by Gasteiger charge is -2.49. The van der Waals surface area contributed by atoms with E-state index in [0.29, 0.717) is 23.1 Å². The van der Waals surface area contributed by atoms with Crippen molar-refractivity contribution in [1.82, 2.24) is 0 Å². The van der Waals surface area contributed by atoms with Crippen molar-refractivity contribution in [2.24, 2.45) is 23.2 Å². The molecule has 1 unspecified atom stereocenters. The van der Waals surface area contributed by atoms with Crippen LogP contribution in [0.25, 0.3) is 0 Å². The van der Waals surface area contributed by atoms with Crippen molar-refractivity contribution in [1.29, 1.82) is 0 Å². The molecule has 0 N–H and O–H groups in total. The number of unbranched alkanes of at least 4 members (excludes halogenated alkanes) is 5. The molecule has 0 amide bonds. The van der Waals surface area contributed by atoms with Crippen molar-refractivity contribution in [2.75, 3.05) is 0 Å². The first-order valence-electron chi connectivity index (χ1n) is 8.95. The fraction of sp³-hybridized carbons (Fsp3) is 1.00. The highest BCUT2D eigenvalue weighted by molar-refractivity contribution is 6.21. The molecular formula is C19H39Cl. The summed E-state index contributed by atoms with van der Waals surface area (Å²) >= 11 is 6.93. The molecule has 0 aromatic rings. The highest BCUT2D eigenvalue weighted by Crippen LogP contribution is 2.49. The van der Waals surface area contributed by atoms with Gasteiger partial charge in [0.15, 0.2) is 0 Å². The van der Waals surface area contributed by atoms with E-state index in [1.54, 1.807) is 0 Å². The Balaban J connectivity index is 4.46. The smallest absolute Gasteiger partial charge is 0.0399 e. The standard InChI is InChI=1S/C19H39Cl/c1-8-9-10-11-12-13-14-18(20)19(15(2)3,16(4)5)17(6)7/h15-18H,8-14H2,1-7H3. The maximum atomic E-state index is 6.93. The van der Waals surface area contributed by atoms with Crippen molar-refractivity contribution in [3.05, 3.63) is 0 Å². The van der Waals surface area contributed by atoms with E-state index in [4.69, 9.17) is 11.6 Å². The van der Waals surface area contributed by atoms with Gasteiger partial charge in [0, 0.05) is 5.38 Å². The Morgan fingerprint density at radius 1 is 0.700 bits per heavy atom. The Kier molecular flexibility index (Phi) is 10.2. The summed E-state index contributed by atoms with van der Waals surface area (Å²) in [6.45, 7) is 16.4. The highest BCUT2D eigenvalue weighted by atomic mass is 35.5. The Hall–Kier alpha value is 0.290. The molecule has 122 valence electrons. The largest absolute Gasteiger partial charge is 0.122 e. The van der Waals surface area contributed by atoms with Crippen molar-refractivity contribution in [3.8, 4) is 0 Å². The van der Waals surface area contributed by atoms with Crippen LogP contribution in [-0.4, -0.2) is 5.38 Å². The van der Waals surface area contributed by atoms with Gasteiger partial charge in [-0.05, 0) is 29.6 Å². The van der Waals surface area contributed by atoms with E-state index in [9.17, 15) is 0 Å². The van der Waals surface area contributed by atoms with Gasteiger partial charge in [-0.25, -0.2) is 0 Å². The number of hydrogen-bond donors (Lipinski definition) is 0. The van der Waals surface area contributed by atoms with E-state index in [2.05, 4.69) is 48.5 Å².